The monoisotopic (exact) mass is 239 g/mol. The number of likely N-dealkylation sites (tertiary alicyclic amines) is 1. The van der Waals surface area contributed by atoms with Crippen molar-refractivity contribution in [3.63, 3.8) is 0 Å². The summed E-state index contributed by atoms with van der Waals surface area (Å²) in [6, 6.07) is 1.98. The van der Waals surface area contributed by atoms with E-state index in [-0.39, 0.29) is 0 Å². The van der Waals surface area contributed by atoms with E-state index in [0.717, 1.165) is 24.7 Å². The number of nitrogen functional groups attached to an aromatic ring is 1. The van der Waals surface area contributed by atoms with Crippen molar-refractivity contribution in [3.8, 4) is 0 Å². The topological polar surface area (TPSA) is 41.3 Å². The number of piperidine rings is 1. The van der Waals surface area contributed by atoms with Crippen molar-refractivity contribution in [2.24, 2.45) is 5.92 Å². The highest BCUT2D eigenvalue weighted by Gasteiger charge is 2.16. The van der Waals surface area contributed by atoms with E-state index >= 15 is 0 Å². The fourth-order valence-electron chi connectivity index (χ4n) is 2.32. The Kier molecular flexibility index (Phi) is 4.21. The van der Waals surface area contributed by atoms with Gasteiger partial charge in [0.2, 0.25) is 0 Å². The third kappa shape index (κ3) is 3.20. The molecule has 0 amide bonds. The minimum atomic E-state index is 0.805. The standard InChI is InChI=1S/C12H21N3S/c1-15-5-2-3-10(9-15)7-14-8-12-11(13)4-6-16-12/h4,6,10,14H,2-3,5,7-9,13H2,1H3. The molecule has 2 rings (SSSR count). The SMILES string of the molecule is CN1CCCC(CNCc2sccc2N)C1. The van der Waals surface area contributed by atoms with E-state index in [1.807, 2.05) is 6.07 Å². The molecule has 4 heteroatoms. The lowest BCUT2D eigenvalue weighted by molar-refractivity contribution is 0.206. The molecular weight excluding hydrogens is 218 g/mol. The van der Waals surface area contributed by atoms with Gasteiger partial charge in [-0.05, 0) is 50.3 Å². The fraction of sp³-hybridized carbons (Fsp3) is 0.667. The summed E-state index contributed by atoms with van der Waals surface area (Å²) >= 11 is 1.74. The van der Waals surface area contributed by atoms with Crippen LogP contribution in [0.2, 0.25) is 0 Å². The lowest BCUT2D eigenvalue weighted by atomic mass is 9.98. The van der Waals surface area contributed by atoms with Gasteiger partial charge < -0.3 is 16.0 Å². The van der Waals surface area contributed by atoms with Crippen LogP contribution in [0, 0.1) is 5.92 Å². The van der Waals surface area contributed by atoms with E-state index in [4.69, 9.17) is 5.73 Å². The summed E-state index contributed by atoms with van der Waals surface area (Å²) in [5.41, 5.74) is 6.77. The van der Waals surface area contributed by atoms with Gasteiger partial charge in [-0.2, -0.15) is 0 Å². The van der Waals surface area contributed by atoms with Crippen molar-refractivity contribution < 1.29 is 0 Å². The maximum atomic E-state index is 5.84. The van der Waals surface area contributed by atoms with Crippen molar-refractivity contribution in [1.82, 2.24) is 10.2 Å². The Bertz CT molecular complexity index is 324. The molecule has 1 unspecified atom stereocenters. The molecule has 0 spiro atoms. The minimum absolute atomic E-state index is 0.805. The Labute approximate surface area is 102 Å². The number of nitrogens with zero attached hydrogens (tertiary/aromatic N) is 1. The van der Waals surface area contributed by atoms with Crippen molar-refractivity contribution in [2.75, 3.05) is 32.4 Å². The van der Waals surface area contributed by atoms with Crippen molar-refractivity contribution >= 4 is 17.0 Å². The number of hydrogen-bond acceptors (Lipinski definition) is 4. The second-order valence-corrected chi connectivity index (χ2v) is 5.70. The van der Waals surface area contributed by atoms with Crippen molar-refractivity contribution in [2.45, 2.75) is 19.4 Å². The molecule has 1 aromatic heterocycles. The molecule has 0 radical (unpaired) electrons. The van der Waals surface area contributed by atoms with Crippen LogP contribution in [-0.2, 0) is 6.54 Å². The number of anilines is 1. The van der Waals surface area contributed by atoms with Crippen LogP contribution in [0.3, 0.4) is 0 Å². The smallest absolute Gasteiger partial charge is 0.0468 e. The van der Waals surface area contributed by atoms with Gasteiger partial charge in [0, 0.05) is 23.7 Å². The van der Waals surface area contributed by atoms with E-state index in [9.17, 15) is 0 Å². The van der Waals surface area contributed by atoms with E-state index in [2.05, 4.69) is 22.6 Å². The average Bonchev–Trinajstić information content (AvgIpc) is 2.65. The van der Waals surface area contributed by atoms with Gasteiger partial charge in [-0.25, -0.2) is 0 Å². The Balaban J connectivity index is 1.70. The van der Waals surface area contributed by atoms with Gasteiger partial charge in [0.1, 0.15) is 0 Å². The molecule has 16 heavy (non-hydrogen) atoms. The van der Waals surface area contributed by atoms with Crippen molar-refractivity contribution in [3.05, 3.63) is 16.3 Å². The molecule has 90 valence electrons. The normalized spacial score (nSPS) is 22.4. The highest BCUT2D eigenvalue weighted by atomic mass is 32.1. The number of nitrogens with one attached hydrogen (secondary N) is 1. The quantitative estimate of drug-likeness (QED) is 0.841. The van der Waals surface area contributed by atoms with Gasteiger partial charge >= 0.3 is 0 Å². The molecular formula is C12H21N3S. The lowest BCUT2D eigenvalue weighted by Gasteiger charge is -2.29. The first-order valence-electron chi connectivity index (χ1n) is 5.97. The van der Waals surface area contributed by atoms with E-state index in [0.29, 0.717) is 0 Å². The highest BCUT2D eigenvalue weighted by molar-refractivity contribution is 7.10. The molecule has 0 saturated carbocycles. The van der Waals surface area contributed by atoms with Crippen LogP contribution in [0.4, 0.5) is 5.69 Å². The maximum Gasteiger partial charge on any atom is 0.0468 e. The zero-order valence-electron chi connectivity index (χ0n) is 9.91. The average molecular weight is 239 g/mol. The largest absolute Gasteiger partial charge is 0.398 e. The van der Waals surface area contributed by atoms with Gasteiger partial charge in [0.25, 0.3) is 0 Å². The third-order valence-electron chi connectivity index (χ3n) is 3.22. The molecule has 3 N–H and O–H groups in total. The number of thiophene rings is 1. The summed E-state index contributed by atoms with van der Waals surface area (Å²) in [7, 11) is 2.21. The molecule has 3 nitrogen and oxygen atoms in total. The van der Waals surface area contributed by atoms with Gasteiger partial charge in [-0.3, -0.25) is 0 Å². The van der Waals surface area contributed by atoms with E-state index < -0.39 is 0 Å². The van der Waals surface area contributed by atoms with Crippen molar-refractivity contribution in [1.29, 1.82) is 0 Å². The molecule has 2 heterocycles. The molecule has 1 aliphatic rings. The first kappa shape index (κ1) is 11.9. The number of rotatable bonds is 4. The summed E-state index contributed by atoms with van der Waals surface area (Å²) < 4.78 is 0. The molecule has 0 aromatic carbocycles. The molecule has 1 aliphatic heterocycles. The van der Waals surface area contributed by atoms with Gasteiger partial charge in [-0.15, -0.1) is 11.3 Å². The minimum Gasteiger partial charge on any atom is -0.398 e. The zero-order chi connectivity index (χ0) is 11.4. The Hall–Kier alpha value is -0.580. The van der Waals surface area contributed by atoms with Crippen LogP contribution in [0.15, 0.2) is 11.4 Å². The number of nitrogens with two attached hydrogens (primary N) is 1. The molecule has 1 saturated heterocycles. The van der Waals surface area contributed by atoms with Crippen LogP contribution < -0.4 is 11.1 Å². The summed E-state index contributed by atoms with van der Waals surface area (Å²) in [5.74, 6) is 0.805. The van der Waals surface area contributed by atoms with Crippen LogP contribution in [0.25, 0.3) is 0 Å². The predicted molar refractivity (Wildman–Crippen MR) is 70.7 cm³/mol. The van der Waals surface area contributed by atoms with Gasteiger partial charge in [0.05, 0.1) is 0 Å². The highest BCUT2D eigenvalue weighted by Crippen LogP contribution is 2.19. The summed E-state index contributed by atoms with van der Waals surface area (Å²) in [6.45, 7) is 4.52. The molecule has 1 atom stereocenters. The lowest BCUT2D eigenvalue weighted by Crippen LogP contribution is -2.37. The van der Waals surface area contributed by atoms with E-state index in [1.54, 1.807) is 11.3 Å². The predicted octanol–water partition coefficient (Wildman–Crippen LogP) is 1.76. The van der Waals surface area contributed by atoms with Gasteiger partial charge in [-0.1, -0.05) is 0 Å². The van der Waals surface area contributed by atoms with Crippen LogP contribution in [-0.4, -0.2) is 31.6 Å². The summed E-state index contributed by atoms with van der Waals surface area (Å²) in [4.78, 5) is 3.69. The fourth-order valence-corrected chi connectivity index (χ4v) is 3.09. The first-order valence-corrected chi connectivity index (χ1v) is 6.85. The Morgan fingerprint density at radius 1 is 1.62 bits per heavy atom. The molecule has 0 aliphatic carbocycles. The molecule has 1 fully saturated rings. The number of hydrogen-bond donors (Lipinski definition) is 2. The third-order valence-corrected chi connectivity index (χ3v) is 4.16. The summed E-state index contributed by atoms with van der Waals surface area (Å²) in [5, 5.41) is 5.58. The van der Waals surface area contributed by atoms with Gasteiger partial charge in [0.15, 0.2) is 0 Å². The van der Waals surface area contributed by atoms with Crippen LogP contribution in [0.1, 0.15) is 17.7 Å². The zero-order valence-corrected chi connectivity index (χ0v) is 10.7. The molecule has 1 aromatic rings. The Morgan fingerprint density at radius 3 is 3.19 bits per heavy atom. The maximum absolute atomic E-state index is 5.84. The second kappa shape index (κ2) is 5.66. The van der Waals surface area contributed by atoms with Crippen LogP contribution >= 0.6 is 11.3 Å². The first-order chi connectivity index (χ1) is 7.75. The summed E-state index contributed by atoms with van der Waals surface area (Å²) in [6.07, 6.45) is 2.70. The van der Waals surface area contributed by atoms with Crippen LogP contribution in [0.5, 0.6) is 0 Å². The Morgan fingerprint density at radius 2 is 2.50 bits per heavy atom. The second-order valence-electron chi connectivity index (χ2n) is 4.70. The molecule has 0 bridgehead atoms. The van der Waals surface area contributed by atoms with E-state index in [1.165, 1.54) is 30.8 Å².